The summed E-state index contributed by atoms with van der Waals surface area (Å²) in [5, 5.41) is 15.3. The molecule has 19 heavy (non-hydrogen) atoms. The molecule has 2 rings (SSSR count). The van der Waals surface area contributed by atoms with Crippen LogP contribution in [0.3, 0.4) is 0 Å². The molecule has 0 fully saturated rings. The summed E-state index contributed by atoms with van der Waals surface area (Å²) in [5.74, 6) is -0.601. The van der Waals surface area contributed by atoms with Gasteiger partial charge in [0, 0.05) is 0 Å². The Kier molecular flexibility index (Phi) is 3.40. The predicted octanol–water partition coefficient (Wildman–Crippen LogP) is 3.61. The zero-order valence-electron chi connectivity index (χ0n) is 10.6. The maximum atomic E-state index is 13.5. The Balaban J connectivity index is 2.77. The molecule has 7 heteroatoms. The molecule has 0 atom stereocenters. The van der Waals surface area contributed by atoms with Crippen LogP contribution in [0.4, 0.5) is 10.1 Å². The van der Waals surface area contributed by atoms with Crippen LogP contribution in [0.25, 0.3) is 5.69 Å². The van der Waals surface area contributed by atoms with Crippen LogP contribution < -0.4 is 0 Å². The third-order valence-electron chi connectivity index (χ3n) is 2.88. The number of benzene rings is 1. The van der Waals surface area contributed by atoms with E-state index in [1.165, 1.54) is 10.7 Å². The van der Waals surface area contributed by atoms with Crippen LogP contribution in [-0.4, -0.2) is 14.7 Å². The summed E-state index contributed by atoms with van der Waals surface area (Å²) in [6.45, 7) is 5.13. The molecule has 100 valence electrons. The van der Waals surface area contributed by atoms with Crippen molar-refractivity contribution in [2.75, 3.05) is 0 Å². The van der Waals surface area contributed by atoms with E-state index in [2.05, 4.69) is 21.0 Å². The van der Waals surface area contributed by atoms with E-state index in [9.17, 15) is 14.5 Å². The molecule has 1 aromatic heterocycles. The molecule has 0 aliphatic heterocycles. The van der Waals surface area contributed by atoms with Crippen molar-refractivity contribution in [3.05, 3.63) is 49.5 Å². The molecule has 1 aromatic carbocycles. The van der Waals surface area contributed by atoms with E-state index in [4.69, 9.17) is 0 Å². The Bertz CT molecular complexity index is 682. The second-order valence-electron chi connectivity index (χ2n) is 4.24. The van der Waals surface area contributed by atoms with Gasteiger partial charge in [0.05, 0.1) is 26.9 Å². The summed E-state index contributed by atoms with van der Waals surface area (Å²) in [7, 11) is 0. The number of halogens is 2. The molecule has 0 unspecified atom stereocenters. The van der Waals surface area contributed by atoms with Gasteiger partial charge < -0.3 is 0 Å². The van der Waals surface area contributed by atoms with Gasteiger partial charge in [0.25, 0.3) is 5.69 Å². The highest BCUT2D eigenvalue weighted by molar-refractivity contribution is 9.10. The van der Waals surface area contributed by atoms with Crippen LogP contribution in [-0.2, 0) is 0 Å². The van der Waals surface area contributed by atoms with Gasteiger partial charge in [-0.3, -0.25) is 10.1 Å². The number of hydrogen-bond donors (Lipinski definition) is 0. The zero-order chi connectivity index (χ0) is 14.3. The first-order valence-corrected chi connectivity index (χ1v) is 6.29. The molecular formula is C12H11BrFN3O2. The summed E-state index contributed by atoms with van der Waals surface area (Å²) >= 11 is 3.36. The number of nitro benzene ring substituents is 1. The summed E-state index contributed by atoms with van der Waals surface area (Å²) in [5.41, 5.74) is 1.74. The standard InChI is InChI=1S/C12H11BrFN3O2/c1-6-4-10(11(17(18)19)5-9(6)14)16-8(3)12(13)7(2)15-16/h4-5H,1-3H3. The first-order valence-electron chi connectivity index (χ1n) is 5.49. The van der Waals surface area contributed by atoms with Crippen molar-refractivity contribution in [2.24, 2.45) is 0 Å². The van der Waals surface area contributed by atoms with Gasteiger partial charge in [-0.25, -0.2) is 9.07 Å². The van der Waals surface area contributed by atoms with Crippen LogP contribution in [0.2, 0.25) is 0 Å². The topological polar surface area (TPSA) is 61.0 Å². The fourth-order valence-corrected chi connectivity index (χ4v) is 2.08. The normalized spacial score (nSPS) is 10.8. The minimum atomic E-state index is -0.609. The molecule has 0 aliphatic rings. The lowest BCUT2D eigenvalue weighted by Crippen LogP contribution is -2.05. The van der Waals surface area contributed by atoms with Gasteiger partial charge in [0.15, 0.2) is 0 Å². The van der Waals surface area contributed by atoms with E-state index in [-0.39, 0.29) is 11.4 Å². The molecular weight excluding hydrogens is 317 g/mol. The predicted molar refractivity (Wildman–Crippen MR) is 72.1 cm³/mol. The Labute approximate surface area is 117 Å². The molecule has 0 spiro atoms. The maximum absolute atomic E-state index is 13.5. The lowest BCUT2D eigenvalue weighted by Gasteiger charge is -2.07. The van der Waals surface area contributed by atoms with Crippen LogP contribution in [0.15, 0.2) is 16.6 Å². The zero-order valence-corrected chi connectivity index (χ0v) is 12.2. The molecule has 0 saturated heterocycles. The third-order valence-corrected chi connectivity index (χ3v) is 4.03. The SMILES string of the molecule is Cc1cc(-n2nc(C)c(Br)c2C)c([N+](=O)[O-])cc1F. The van der Waals surface area contributed by atoms with E-state index in [1.54, 1.807) is 20.8 Å². The quantitative estimate of drug-likeness (QED) is 0.625. The Hall–Kier alpha value is -1.76. The Morgan fingerprint density at radius 1 is 1.37 bits per heavy atom. The van der Waals surface area contributed by atoms with Crippen LogP contribution in [0.5, 0.6) is 0 Å². The molecule has 0 radical (unpaired) electrons. The number of aromatic nitrogens is 2. The summed E-state index contributed by atoms with van der Waals surface area (Å²) in [6.07, 6.45) is 0. The van der Waals surface area contributed by atoms with Crippen molar-refractivity contribution in [3.63, 3.8) is 0 Å². The largest absolute Gasteiger partial charge is 0.297 e. The first-order chi connectivity index (χ1) is 8.82. The van der Waals surface area contributed by atoms with Crippen molar-refractivity contribution in [1.82, 2.24) is 9.78 Å². The summed E-state index contributed by atoms with van der Waals surface area (Å²) < 4.78 is 15.7. The van der Waals surface area contributed by atoms with Crippen LogP contribution >= 0.6 is 15.9 Å². The van der Waals surface area contributed by atoms with Gasteiger partial charge in [-0.05, 0) is 48.3 Å². The monoisotopic (exact) mass is 327 g/mol. The van der Waals surface area contributed by atoms with Gasteiger partial charge in [0.1, 0.15) is 11.5 Å². The van der Waals surface area contributed by atoms with E-state index < -0.39 is 10.7 Å². The number of nitro groups is 1. The molecule has 0 amide bonds. The molecule has 5 nitrogen and oxygen atoms in total. The summed E-state index contributed by atoms with van der Waals surface area (Å²) in [6, 6.07) is 2.36. The van der Waals surface area contributed by atoms with Crippen molar-refractivity contribution in [2.45, 2.75) is 20.8 Å². The molecule has 2 aromatic rings. The lowest BCUT2D eigenvalue weighted by atomic mass is 10.2. The fourth-order valence-electron chi connectivity index (χ4n) is 1.83. The highest BCUT2D eigenvalue weighted by Gasteiger charge is 2.21. The number of aryl methyl sites for hydroxylation is 2. The number of rotatable bonds is 2. The van der Waals surface area contributed by atoms with E-state index in [0.717, 1.165) is 16.2 Å². The highest BCUT2D eigenvalue weighted by atomic mass is 79.9. The van der Waals surface area contributed by atoms with Gasteiger partial charge in [-0.1, -0.05) is 0 Å². The smallest absolute Gasteiger partial charge is 0.258 e. The second-order valence-corrected chi connectivity index (χ2v) is 5.04. The lowest BCUT2D eigenvalue weighted by molar-refractivity contribution is -0.384. The average molecular weight is 328 g/mol. The first kappa shape index (κ1) is 13.7. The fraction of sp³-hybridized carbons (Fsp3) is 0.250. The molecule has 0 bridgehead atoms. The molecule has 0 N–H and O–H groups in total. The van der Waals surface area contributed by atoms with Gasteiger partial charge in [0.2, 0.25) is 0 Å². The van der Waals surface area contributed by atoms with E-state index >= 15 is 0 Å². The molecule has 1 heterocycles. The second kappa shape index (κ2) is 4.73. The molecule has 0 aliphatic carbocycles. The van der Waals surface area contributed by atoms with Crippen LogP contribution in [0.1, 0.15) is 17.0 Å². The Morgan fingerprint density at radius 2 is 2.00 bits per heavy atom. The average Bonchev–Trinajstić information content (AvgIpc) is 2.59. The minimum absolute atomic E-state index is 0.259. The van der Waals surface area contributed by atoms with Crippen molar-refractivity contribution in [3.8, 4) is 5.69 Å². The number of hydrogen-bond acceptors (Lipinski definition) is 3. The summed E-state index contributed by atoms with van der Waals surface area (Å²) in [4.78, 5) is 10.4. The highest BCUT2D eigenvalue weighted by Crippen LogP contribution is 2.30. The van der Waals surface area contributed by atoms with Crippen molar-refractivity contribution < 1.29 is 9.31 Å². The van der Waals surface area contributed by atoms with Crippen molar-refractivity contribution >= 4 is 21.6 Å². The number of nitrogens with zero attached hydrogens (tertiary/aromatic N) is 3. The maximum Gasteiger partial charge on any atom is 0.297 e. The molecule has 0 saturated carbocycles. The van der Waals surface area contributed by atoms with E-state index in [0.29, 0.717) is 11.3 Å². The van der Waals surface area contributed by atoms with Gasteiger partial charge in [-0.15, -0.1) is 0 Å². The van der Waals surface area contributed by atoms with E-state index in [1.807, 2.05) is 0 Å². The van der Waals surface area contributed by atoms with Gasteiger partial charge in [-0.2, -0.15) is 5.10 Å². The third kappa shape index (κ3) is 2.25. The minimum Gasteiger partial charge on any atom is -0.258 e. The van der Waals surface area contributed by atoms with Crippen LogP contribution in [0, 0.1) is 36.7 Å². The van der Waals surface area contributed by atoms with Crippen molar-refractivity contribution in [1.29, 1.82) is 0 Å². The Morgan fingerprint density at radius 3 is 2.47 bits per heavy atom. The van der Waals surface area contributed by atoms with Gasteiger partial charge >= 0.3 is 0 Å².